The van der Waals surface area contributed by atoms with Crippen LogP contribution in [0.2, 0.25) is 0 Å². The van der Waals surface area contributed by atoms with Crippen molar-refractivity contribution in [1.29, 1.82) is 0 Å². The summed E-state index contributed by atoms with van der Waals surface area (Å²) in [6.07, 6.45) is 2.26. The van der Waals surface area contributed by atoms with E-state index in [1.54, 1.807) is 19.2 Å². The molecule has 1 aliphatic heterocycles. The molecular weight excluding hydrogens is 228 g/mol. The van der Waals surface area contributed by atoms with Crippen LogP contribution in [0, 0.1) is 0 Å². The van der Waals surface area contributed by atoms with Crippen molar-refractivity contribution in [2.45, 2.75) is 31.8 Å². The van der Waals surface area contributed by atoms with Gasteiger partial charge in [0.1, 0.15) is 0 Å². The predicted molar refractivity (Wildman–Crippen MR) is 73.4 cm³/mol. The Hall–Kier alpha value is -1.42. The minimum absolute atomic E-state index is 0.184. The van der Waals surface area contributed by atoms with E-state index in [0.717, 1.165) is 25.1 Å². The van der Waals surface area contributed by atoms with Crippen molar-refractivity contribution in [3.63, 3.8) is 0 Å². The quantitative estimate of drug-likeness (QED) is 0.864. The van der Waals surface area contributed by atoms with Crippen LogP contribution in [0.1, 0.15) is 19.8 Å². The Morgan fingerprint density at radius 2 is 2.22 bits per heavy atom. The molecule has 1 heterocycles. The third kappa shape index (κ3) is 2.88. The largest absolute Gasteiger partial charge is 0.504 e. The van der Waals surface area contributed by atoms with Gasteiger partial charge in [-0.2, -0.15) is 0 Å². The number of methoxy groups -OCH3 is 1. The number of likely N-dealkylation sites (tertiary alicyclic amines) is 1. The maximum Gasteiger partial charge on any atom is 0.160 e. The highest BCUT2D eigenvalue weighted by atomic mass is 16.5. The van der Waals surface area contributed by atoms with E-state index in [4.69, 9.17) is 4.74 Å². The second kappa shape index (κ2) is 5.48. The zero-order valence-electron chi connectivity index (χ0n) is 11.3. The molecule has 0 amide bonds. The third-order valence-electron chi connectivity index (χ3n) is 3.76. The predicted octanol–water partition coefficient (Wildman–Crippen LogP) is 2.30. The number of hydrogen-bond donors (Lipinski definition) is 2. The standard InChI is InChI=1S/C14H22N2O2/c1-10-8-12(6-7-16(10)2)15-11-4-5-14(18-3)13(17)9-11/h4-5,9-10,12,15,17H,6-8H2,1-3H3. The van der Waals surface area contributed by atoms with Gasteiger partial charge in [-0.05, 0) is 38.9 Å². The van der Waals surface area contributed by atoms with E-state index in [9.17, 15) is 5.11 Å². The van der Waals surface area contributed by atoms with Gasteiger partial charge in [-0.3, -0.25) is 0 Å². The number of phenolic OH excluding ortho intramolecular Hbond substituents is 1. The first kappa shape index (κ1) is 13.0. The Kier molecular flexibility index (Phi) is 3.97. The highest BCUT2D eigenvalue weighted by molar-refractivity contribution is 5.54. The van der Waals surface area contributed by atoms with Gasteiger partial charge >= 0.3 is 0 Å². The summed E-state index contributed by atoms with van der Waals surface area (Å²) in [5.74, 6) is 0.695. The number of nitrogens with zero attached hydrogens (tertiary/aromatic N) is 1. The molecule has 2 rings (SSSR count). The maximum absolute atomic E-state index is 9.74. The number of ether oxygens (including phenoxy) is 1. The molecule has 0 saturated carbocycles. The SMILES string of the molecule is COc1ccc(NC2CCN(C)C(C)C2)cc1O. The number of nitrogens with one attached hydrogen (secondary N) is 1. The average Bonchev–Trinajstić information content (AvgIpc) is 2.34. The first-order chi connectivity index (χ1) is 8.60. The summed E-state index contributed by atoms with van der Waals surface area (Å²) in [5, 5.41) is 13.2. The van der Waals surface area contributed by atoms with E-state index in [-0.39, 0.29) is 5.75 Å². The molecule has 1 aromatic rings. The van der Waals surface area contributed by atoms with Crippen LogP contribution >= 0.6 is 0 Å². The van der Waals surface area contributed by atoms with Crippen LogP contribution in [-0.4, -0.2) is 42.8 Å². The number of benzene rings is 1. The number of rotatable bonds is 3. The molecule has 1 aromatic carbocycles. The molecule has 0 spiro atoms. The maximum atomic E-state index is 9.74. The lowest BCUT2D eigenvalue weighted by Crippen LogP contribution is -2.42. The number of aromatic hydroxyl groups is 1. The molecular formula is C14H22N2O2. The molecule has 0 aliphatic carbocycles. The Balaban J connectivity index is 1.99. The summed E-state index contributed by atoms with van der Waals surface area (Å²) in [7, 11) is 3.72. The Morgan fingerprint density at radius 1 is 1.44 bits per heavy atom. The van der Waals surface area contributed by atoms with Gasteiger partial charge in [0.15, 0.2) is 11.5 Å². The Labute approximate surface area is 109 Å². The van der Waals surface area contributed by atoms with Gasteiger partial charge in [0.05, 0.1) is 7.11 Å². The van der Waals surface area contributed by atoms with E-state index >= 15 is 0 Å². The van der Waals surface area contributed by atoms with Gasteiger partial charge in [0, 0.05) is 30.4 Å². The van der Waals surface area contributed by atoms with Gasteiger partial charge in [-0.1, -0.05) is 0 Å². The van der Waals surface area contributed by atoms with Crippen LogP contribution in [0.25, 0.3) is 0 Å². The van der Waals surface area contributed by atoms with Crippen molar-refractivity contribution in [3.05, 3.63) is 18.2 Å². The summed E-state index contributed by atoms with van der Waals surface area (Å²) in [4.78, 5) is 2.38. The average molecular weight is 250 g/mol. The van der Waals surface area contributed by atoms with E-state index < -0.39 is 0 Å². The number of hydrogen-bond acceptors (Lipinski definition) is 4. The molecule has 100 valence electrons. The molecule has 0 radical (unpaired) electrons. The molecule has 18 heavy (non-hydrogen) atoms. The minimum atomic E-state index is 0.184. The van der Waals surface area contributed by atoms with Crippen molar-refractivity contribution < 1.29 is 9.84 Å². The summed E-state index contributed by atoms with van der Waals surface area (Å²) < 4.78 is 5.04. The molecule has 2 N–H and O–H groups in total. The normalized spacial score (nSPS) is 24.8. The molecule has 0 aromatic heterocycles. The van der Waals surface area contributed by atoms with E-state index in [1.807, 2.05) is 6.07 Å². The van der Waals surface area contributed by atoms with Gasteiger partial charge in [0.2, 0.25) is 0 Å². The lowest BCUT2D eigenvalue weighted by Gasteiger charge is -2.35. The zero-order chi connectivity index (χ0) is 13.1. The molecule has 2 unspecified atom stereocenters. The lowest BCUT2D eigenvalue weighted by atomic mass is 9.98. The fraction of sp³-hybridized carbons (Fsp3) is 0.571. The van der Waals surface area contributed by atoms with Crippen LogP contribution in [0.3, 0.4) is 0 Å². The van der Waals surface area contributed by atoms with Crippen molar-refractivity contribution in [1.82, 2.24) is 4.90 Å². The van der Waals surface area contributed by atoms with Crippen LogP contribution in [0.5, 0.6) is 11.5 Å². The summed E-state index contributed by atoms with van der Waals surface area (Å²) in [6, 6.07) is 6.53. The Bertz CT molecular complexity index is 409. The first-order valence-electron chi connectivity index (χ1n) is 6.44. The van der Waals surface area contributed by atoms with Crippen LogP contribution in [0.4, 0.5) is 5.69 Å². The van der Waals surface area contributed by atoms with Crippen molar-refractivity contribution >= 4 is 5.69 Å². The number of phenols is 1. The van der Waals surface area contributed by atoms with Crippen molar-refractivity contribution in [3.8, 4) is 11.5 Å². The molecule has 1 fully saturated rings. The second-order valence-electron chi connectivity index (χ2n) is 5.08. The fourth-order valence-electron chi connectivity index (χ4n) is 2.44. The molecule has 1 aliphatic rings. The van der Waals surface area contributed by atoms with Gasteiger partial charge in [-0.25, -0.2) is 0 Å². The first-order valence-corrected chi connectivity index (χ1v) is 6.44. The number of piperidine rings is 1. The molecule has 4 nitrogen and oxygen atoms in total. The Morgan fingerprint density at radius 3 is 2.83 bits per heavy atom. The third-order valence-corrected chi connectivity index (χ3v) is 3.76. The fourth-order valence-corrected chi connectivity index (χ4v) is 2.44. The van der Waals surface area contributed by atoms with E-state index in [2.05, 4.69) is 24.2 Å². The van der Waals surface area contributed by atoms with Crippen molar-refractivity contribution in [2.24, 2.45) is 0 Å². The molecule has 1 saturated heterocycles. The smallest absolute Gasteiger partial charge is 0.160 e. The molecule has 2 atom stereocenters. The van der Waals surface area contributed by atoms with Gasteiger partial charge < -0.3 is 20.1 Å². The number of anilines is 1. The minimum Gasteiger partial charge on any atom is -0.504 e. The van der Waals surface area contributed by atoms with Crippen LogP contribution in [-0.2, 0) is 0 Å². The van der Waals surface area contributed by atoms with Crippen LogP contribution in [0.15, 0.2) is 18.2 Å². The highest BCUT2D eigenvalue weighted by Gasteiger charge is 2.22. The van der Waals surface area contributed by atoms with Gasteiger partial charge in [0.25, 0.3) is 0 Å². The summed E-state index contributed by atoms with van der Waals surface area (Å²) in [6.45, 7) is 3.36. The lowest BCUT2D eigenvalue weighted by molar-refractivity contribution is 0.190. The van der Waals surface area contributed by atoms with Crippen LogP contribution < -0.4 is 10.1 Å². The van der Waals surface area contributed by atoms with Gasteiger partial charge in [-0.15, -0.1) is 0 Å². The highest BCUT2D eigenvalue weighted by Crippen LogP contribution is 2.29. The van der Waals surface area contributed by atoms with Crippen molar-refractivity contribution in [2.75, 3.05) is 26.0 Å². The summed E-state index contributed by atoms with van der Waals surface area (Å²) >= 11 is 0. The monoisotopic (exact) mass is 250 g/mol. The molecule has 0 bridgehead atoms. The summed E-state index contributed by atoms with van der Waals surface area (Å²) in [5.41, 5.74) is 0.954. The topological polar surface area (TPSA) is 44.7 Å². The van der Waals surface area contributed by atoms with E-state index in [0.29, 0.717) is 17.8 Å². The second-order valence-corrected chi connectivity index (χ2v) is 5.08. The van der Waals surface area contributed by atoms with E-state index in [1.165, 1.54) is 0 Å². The molecule has 4 heteroatoms. The zero-order valence-corrected chi connectivity index (χ0v) is 11.3.